The first-order valence-corrected chi connectivity index (χ1v) is 11.4. The molecule has 0 amide bonds. The molecule has 0 saturated carbocycles. The summed E-state index contributed by atoms with van der Waals surface area (Å²) < 4.78 is 20.2. The molecule has 0 spiro atoms. The van der Waals surface area contributed by atoms with Crippen LogP contribution in [0.25, 0.3) is 33.5 Å². The van der Waals surface area contributed by atoms with Gasteiger partial charge in [-0.05, 0) is 35.8 Å². The number of halogens is 1. The highest BCUT2D eigenvalue weighted by Crippen LogP contribution is 2.40. The average Bonchev–Trinajstić information content (AvgIpc) is 3.18. The molecule has 4 rings (SSSR count). The summed E-state index contributed by atoms with van der Waals surface area (Å²) in [6, 6.07) is 14.2. The van der Waals surface area contributed by atoms with E-state index in [2.05, 4.69) is 4.74 Å². The zero-order valence-corrected chi connectivity index (χ0v) is 19.9. The van der Waals surface area contributed by atoms with Crippen molar-refractivity contribution < 1.29 is 23.8 Å². The molecule has 0 aliphatic carbocycles. The highest BCUT2D eigenvalue weighted by Gasteiger charge is 2.23. The number of allylic oxidation sites excluding steroid dienone is 1. The maximum absolute atomic E-state index is 13.8. The van der Waals surface area contributed by atoms with Crippen molar-refractivity contribution in [2.75, 3.05) is 7.11 Å². The van der Waals surface area contributed by atoms with Crippen LogP contribution >= 0.6 is 0 Å². The van der Waals surface area contributed by atoms with E-state index < -0.39 is 12.1 Å². The number of fused-ring (bicyclic) bond motifs is 3. The number of aliphatic hydroxyl groups excluding tert-OH is 1. The molecule has 0 bridgehead atoms. The van der Waals surface area contributed by atoms with Crippen molar-refractivity contribution in [3.05, 3.63) is 77.9 Å². The highest BCUT2D eigenvalue weighted by molar-refractivity contribution is 6.07. The highest BCUT2D eigenvalue weighted by atomic mass is 19.1. The third-order valence-electron chi connectivity index (χ3n) is 5.93. The maximum atomic E-state index is 13.8. The predicted octanol–water partition coefficient (Wildman–Crippen LogP) is 5.31. The second-order valence-corrected chi connectivity index (χ2v) is 8.77. The Morgan fingerprint density at radius 3 is 2.51 bits per heavy atom. The topological polar surface area (TPSA) is 80.9 Å². The Morgan fingerprint density at radius 1 is 1.11 bits per heavy atom. The van der Waals surface area contributed by atoms with E-state index in [0.29, 0.717) is 0 Å². The quantitative estimate of drug-likeness (QED) is 0.276. The number of esters is 1. The Hall–Kier alpha value is -3.84. The van der Waals surface area contributed by atoms with Gasteiger partial charge in [0, 0.05) is 28.3 Å². The normalized spacial score (nSPS) is 12.6. The third kappa shape index (κ3) is 5.00. The number of aliphatic hydroxyl groups is 1. The zero-order chi connectivity index (χ0) is 25.1. The van der Waals surface area contributed by atoms with Crippen molar-refractivity contribution in [2.45, 2.75) is 38.7 Å². The molecule has 2 aromatic carbocycles. The molecule has 180 valence electrons. The van der Waals surface area contributed by atoms with Crippen molar-refractivity contribution in [3.8, 4) is 11.1 Å². The Labute approximate surface area is 202 Å². The molecule has 0 aliphatic heterocycles. The van der Waals surface area contributed by atoms with Gasteiger partial charge in [0.15, 0.2) is 5.78 Å². The van der Waals surface area contributed by atoms with Gasteiger partial charge >= 0.3 is 5.97 Å². The molecule has 0 fully saturated rings. The fraction of sp³-hybridized carbons (Fsp3) is 0.250. The lowest BCUT2D eigenvalue weighted by Gasteiger charge is -2.08. The van der Waals surface area contributed by atoms with Gasteiger partial charge in [0.05, 0.1) is 37.0 Å². The van der Waals surface area contributed by atoms with E-state index in [0.717, 1.165) is 38.7 Å². The molecule has 7 heteroatoms. The number of ketones is 1. The van der Waals surface area contributed by atoms with Gasteiger partial charge < -0.3 is 9.84 Å². The van der Waals surface area contributed by atoms with Crippen LogP contribution in [-0.4, -0.2) is 39.7 Å². The lowest BCUT2D eigenvalue weighted by molar-refractivity contribution is -0.143. The number of carbonyl (C=O) groups is 2. The van der Waals surface area contributed by atoms with Crippen LogP contribution in [0.5, 0.6) is 0 Å². The second kappa shape index (κ2) is 10.2. The van der Waals surface area contributed by atoms with Crippen LogP contribution in [-0.2, 0) is 14.3 Å². The average molecular weight is 475 g/mol. The molecule has 6 nitrogen and oxygen atoms in total. The summed E-state index contributed by atoms with van der Waals surface area (Å²) in [5, 5.41) is 16.7. The van der Waals surface area contributed by atoms with Crippen molar-refractivity contribution in [2.24, 2.45) is 0 Å². The molecule has 0 radical (unpaired) electrons. The number of carbonyl (C=O) groups excluding carboxylic acids is 2. The Morgan fingerprint density at radius 2 is 1.83 bits per heavy atom. The summed E-state index contributed by atoms with van der Waals surface area (Å²) in [6.07, 6.45) is 3.37. The van der Waals surface area contributed by atoms with E-state index in [1.807, 2.05) is 48.8 Å². The van der Waals surface area contributed by atoms with Crippen LogP contribution < -0.4 is 0 Å². The first kappa shape index (κ1) is 24.3. The van der Waals surface area contributed by atoms with Crippen LogP contribution in [0.3, 0.4) is 0 Å². The minimum absolute atomic E-state index is 0.0602. The summed E-state index contributed by atoms with van der Waals surface area (Å²) in [5.41, 5.74) is 4.22. The summed E-state index contributed by atoms with van der Waals surface area (Å²) in [5.74, 6) is -1.18. The molecule has 0 saturated heterocycles. The van der Waals surface area contributed by atoms with E-state index in [9.17, 15) is 19.1 Å². The van der Waals surface area contributed by atoms with Gasteiger partial charge in [0.1, 0.15) is 5.82 Å². The van der Waals surface area contributed by atoms with Gasteiger partial charge in [-0.1, -0.05) is 50.2 Å². The molecule has 1 atom stereocenters. The minimum atomic E-state index is -1.13. The largest absolute Gasteiger partial charge is 0.469 e. The molecule has 35 heavy (non-hydrogen) atoms. The van der Waals surface area contributed by atoms with Crippen molar-refractivity contribution in [1.29, 1.82) is 0 Å². The minimum Gasteiger partial charge on any atom is -0.469 e. The first-order chi connectivity index (χ1) is 16.8. The smallest absolute Gasteiger partial charge is 0.308 e. The van der Waals surface area contributed by atoms with Crippen LogP contribution in [0.2, 0.25) is 0 Å². The van der Waals surface area contributed by atoms with Gasteiger partial charge in [-0.3, -0.25) is 9.59 Å². The number of ether oxygens (including phenoxy) is 1. The van der Waals surface area contributed by atoms with E-state index in [1.165, 1.54) is 25.3 Å². The summed E-state index contributed by atoms with van der Waals surface area (Å²) >= 11 is 0. The molecule has 4 aromatic rings. The third-order valence-corrected chi connectivity index (χ3v) is 5.93. The first-order valence-electron chi connectivity index (χ1n) is 11.4. The number of benzene rings is 2. The molecule has 1 N–H and O–H groups in total. The van der Waals surface area contributed by atoms with Crippen molar-refractivity contribution in [1.82, 2.24) is 9.61 Å². The monoisotopic (exact) mass is 474 g/mol. The zero-order valence-electron chi connectivity index (χ0n) is 19.9. The standard InChI is InChI=1S/C28H27FN2O4/c1-17(2)27-24(13-12-21(32)14-22(33)15-25(34)35-3)26(18-8-10-20(29)11-9-18)28-23-7-5-4-6-19(23)16-30-31(27)28/h4-13,16-17,22,33H,14-15H2,1-3H3. The van der Waals surface area contributed by atoms with Crippen LogP contribution in [0.4, 0.5) is 4.39 Å². The van der Waals surface area contributed by atoms with Gasteiger partial charge in [-0.25, -0.2) is 8.91 Å². The molecular weight excluding hydrogens is 447 g/mol. The van der Waals surface area contributed by atoms with Crippen LogP contribution in [0.15, 0.2) is 60.8 Å². The number of aromatic nitrogens is 2. The Balaban J connectivity index is 1.89. The molecule has 1 unspecified atom stereocenters. The SMILES string of the molecule is COC(=O)CC(O)CC(=O)C=Cc1c(-c2ccc(F)cc2)c2c3ccccc3cnn2c1C(C)C. The maximum Gasteiger partial charge on any atom is 0.308 e. The number of nitrogens with zero attached hydrogens (tertiary/aromatic N) is 2. The number of hydrogen-bond donors (Lipinski definition) is 1. The lowest BCUT2D eigenvalue weighted by atomic mass is 9.95. The second-order valence-electron chi connectivity index (χ2n) is 8.77. The number of hydrogen-bond acceptors (Lipinski definition) is 5. The van der Waals surface area contributed by atoms with Crippen molar-refractivity contribution in [3.63, 3.8) is 0 Å². The fourth-order valence-corrected chi connectivity index (χ4v) is 4.37. The van der Waals surface area contributed by atoms with Crippen molar-refractivity contribution >= 4 is 34.1 Å². The van der Waals surface area contributed by atoms with E-state index in [-0.39, 0.29) is 30.4 Å². The molecular formula is C28H27FN2O4. The Bertz CT molecular complexity index is 1420. The Kier molecular flexibility index (Phi) is 7.07. The summed E-state index contributed by atoms with van der Waals surface area (Å²) in [7, 11) is 1.23. The van der Waals surface area contributed by atoms with E-state index in [1.54, 1.807) is 18.2 Å². The molecule has 0 aliphatic rings. The van der Waals surface area contributed by atoms with E-state index in [4.69, 9.17) is 5.10 Å². The van der Waals surface area contributed by atoms with Gasteiger partial charge in [0.2, 0.25) is 0 Å². The lowest BCUT2D eigenvalue weighted by Crippen LogP contribution is -2.17. The van der Waals surface area contributed by atoms with Crippen LogP contribution in [0, 0.1) is 5.82 Å². The number of methoxy groups -OCH3 is 1. The van der Waals surface area contributed by atoms with Crippen LogP contribution in [0.1, 0.15) is 43.9 Å². The fourth-order valence-electron chi connectivity index (χ4n) is 4.37. The summed E-state index contributed by atoms with van der Waals surface area (Å²) in [4.78, 5) is 24.0. The van der Waals surface area contributed by atoms with Gasteiger partial charge in [-0.15, -0.1) is 0 Å². The number of rotatable bonds is 8. The predicted molar refractivity (Wildman–Crippen MR) is 133 cm³/mol. The van der Waals surface area contributed by atoms with Gasteiger partial charge in [0.25, 0.3) is 0 Å². The molecule has 2 heterocycles. The van der Waals surface area contributed by atoms with E-state index >= 15 is 0 Å². The summed E-state index contributed by atoms with van der Waals surface area (Å²) in [6.45, 7) is 4.10. The van der Waals surface area contributed by atoms with Gasteiger partial charge in [-0.2, -0.15) is 5.10 Å². The molecule has 2 aromatic heterocycles.